The second-order valence-corrected chi connectivity index (χ2v) is 7.05. The Morgan fingerprint density at radius 3 is 2.40 bits per heavy atom. The molecule has 25 heavy (non-hydrogen) atoms. The highest BCUT2D eigenvalue weighted by atomic mass is 32.2. The van der Waals surface area contributed by atoms with Crippen molar-refractivity contribution in [2.24, 2.45) is 0 Å². The second kappa shape index (κ2) is 7.66. The topological polar surface area (TPSA) is 29.1 Å². The lowest BCUT2D eigenvalue weighted by Crippen LogP contribution is -2.23. The van der Waals surface area contributed by atoms with Gasteiger partial charge in [0.05, 0.1) is 5.25 Å². The van der Waals surface area contributed by atoms with Crippen LogP contribution in [-0.4, -0.2) is 11.2 Å². The van der Waals surface area contributed by atoms with Gasteiger partial charge in [0.2, 0.25) is 5.91 Å². The molecule has 0 spiro atoms. The van der Waals surface area contributed by atoms with Gasteiger partial charge < -0.3 is 5.32 Å². The highest BCUT2D eigenvalue weighted by molar-refractivity contribution is 7.99. The molecule has 1 amide bonds. The van der Waals surface area contributed by atoms with Gasteiger partial charge in [0.25, 0.3) is 0 Å². The lowest BCUT2D eigenvalue weighted by atomic mass is 10.1. The number of carbonyl (C=O) groups excluding carboxylic acids is 1. The standard InChI is InChI=1S/C20H17F2NOS/c1-13(20(24)23-19-17(21)7-4-8-18(19)22)25-12-14-9-10-15-5-2-3-6-16(15)11-14/h2-11,13H,12H2,1H3,(H,23,24). The Morgan fingerprint density at radius 2 is 1.68 bits per heavy atom. The molecule has 128 valence electrons. The quantitative estimate of drug-likeness (QED) is 0.664. The number of benzene rings is 3. The van der Waals surface area contributed by atoms with Crippen LogP contribution in [0.2, 0.25) is 0 Å². The summed E-state index contributed by atoms with van der Waals surface area (Å²) in [5.41, 5.74) is 0.700. The average molecular weight is 357 g/mol. The summed E-state index contributed by atoms with van der Waals surface area (Å²) < 4.78 is 27.2. The highest BCUT2D eigenvalue weighted by Crippen LogP contribution is 2.24. The van der Waals surface area contributed by atoms with Crippen molar-refractivity contribution in [2.75, 3.05) is 5.32 Å². The molecule has 3 rings (SSSR count). The Kier molecular flexibility index (Phi) is 5.34. The number of hydrogen-bond donors (Lipinski definition) is 1. The summed E-state index contributed by atoms with van der Waals surface area (Å²) in [4.78, 5) is 12.2. The van der Waals surface area contributed by atoms with E-state index in [9.17, 15) is 13.6 Å². The van der Waals surface area contributed by atoms with E-state index in [1.54, 1.807) is 6.92 Å². The van der Waals surface area contributed by atoms with E-state index in [2.05, 4.69) is 11.4 Å². The molecule has 0 heterocycles. The van der Waals surface area contributed by atoms with Gasteiger partial charge in [-0.15, -0.1) is 11.8 Å². The van der Waals surface area contributed by atoms with Gasteiger partial charge in [-0.2, -0.15) is 0 Å². The molecule has 3 aromatic carbocycles. The van der Waals surface area contributed by atoms with Crippen LogP contribution in [0.3, 0.4) is 0 Å². The monoisotopic (exact) mass is 357 g/mol. The minimum atomic E-state index is -0.778. The second-order valence-electron chi connectivity index (χ2n) is 5.72. The number of amides is 1. The Morgan fingerprint density at radius 1 is 1.00 bits per heavy atom. The number of nitrogens with one attached hydrogen (secondary N) is 1. The Bertz CT molecular complexity index is 893. The van der Waals surface area contributed by atoms with Crippen molar-refractivity contribution in [2.45, 2.75) is 17.9 Å². The van der Waals surface area contributed by atoms with Gasteiger partial charge in [0.15, 0.2) is 0 Å². The highest BCUT2D eigenvalue weighted by Gasteiger charge is 2.17. The van der Waals surface area contributed by atoms with Gasteiger partial charge in [-0.3, -0.25) is 4.79 Å². The minimum absolute atomic E-state index is 0.398. The molecule has 0 saturated carbocycles. The van der Waals surface area contributed by atoms with Crippen LogP contribution in [0.1, 0.15) is 12.5 Å². The van der Waals surface area contributed by atoms with E-state index in [0.29, 0.717) is 5.75 Å². The zero-order valence-corrected chi connectivity index (χ0v) is 14.4. The van der Waals surface area contributed by atoms with Crippen molar-refractivity contribution in [3.63, 3.8) is 0 Å². The summed E-state index contributed by atoms with van der Waals surface area (Å²) in [5, 5.41) is 4.20. The van der Waals surface area contributed by atoms with Crippen LogP contribution in [0.25, 0.3) is 10.8 Å². The van der Waals surface area contributed by atoms with E-state index in [-0.39, 0.29) is 0 Å². The maximum absolute atomic E-state index is 13.6. The third-order valence-corrected chi connectivity index (χ3v) is 5.11. The summed E-state index contributed by atoms with van der Waals surface area (Å²) in [7, 11) is 0. The van der Waals surface area contributed by atoms with Crippen molar-refractivity contribution in [1.82, 2.24) is 0 Å². The number of fused-ring (bicyclic) bond motifs is 1. The lowest BCUT2D eigenvalue weighted by molar-refractivity contribution is -0.115. The number of anilines is 1. The Balaban J connectivity index is 1.63. The number of halogens is 2. The fraction of sp³-hybridized carbons (Fsp3) is 0.150. The molecule has 0 aromatic heterocycles. The number of rotatable bonds is 5. The zero-order chi connectivity index (χ0) is 17.8. The molecule has 1 atom stereocenters. The fourth-order valence-corrected chi connectivity index (χ4v) is 3.30. The van der Waals surface area contributed by atoms with Crippen molar-refractivity contribution >= 4 is 34.1 Å². The summed E-state index contributed by atoms with van der Waals surface area (Å²) in [6.45, 7) is 1.72. The molecule has 1 N–H and O–H groups in total. The predicted octanol–water partition coefficient (Wildman–Crippen LogP) is 5.38. The molecule has 0 aliphatic rings. The first-order valence-corrected chi connectivity index (χ1v) is 8.93. The van der Waals surface area contributed by atoms with E-state index in [1.807, 2.05) is 36.4 Å². The molecular formula is C20H17F2NOS. The van der Waals surface area contributed by atoms with Crippen molar-refractivity contribution in [3.05, 3.63) is 77.9 Å². The first-order valence-electron chi connectivity index (χ1n) is 7.89. The molecule has 0 saturated heterocycles. The third kappa shape index (κ3) is 4.17. The van der Waals surface area contributed by atoms with Crippen LogP contribution in [0.15, 0.2) is 60.7 Å². The summed E-state index contributed by atoms with van der Waals surface area (Å²) >= 11 is 1.42. The number of carbonyl (C=O) groups is 1. The molecule has 0 radical (unpaired) electrons. The van der Waals surface area contributed by atoms with E-state index in [1.165, 1.54) is 17.8 Å². The van der Waals surface area contributed by atoms with Crippen molar-refractivity contribution in [3.8, 4) is 0 Å². The lowest BCUT2D eigenvalue weighted by Gasteiger charge is -2.13. The molecule has 3 aromatic rings. The molecule has 0 fully saturated rings. The van der Waals surface area contributed by atoms with Crippen LogP contribution < -0.4 is 5.32 Å². The third-order valence-electron chi connectivity index (χ3n) is 3.89. The normalized spacial score (nSPS) is 12.1. The van der Waals surface area contributed by atoms with Gasteiger partial charge in [0, 0.05) is 5.75 Å². The van der Waals surface area contributed by atoms with Crippen LogP contribution in [0.4, 0.5) is 14.5 Å². The van der Waals surface area contributed by atoms with Crippen LogP contribution in [0, 0.1) is 11.6 Å². The SMILES string of the molecule is CC(SCc1ccc2ccccc2c1)C(=O)Nc1c(F)cccc1F. The summed E-state index contributed by atoms with van der Waals surface area (Å²) in [6, 6.07) is 17.7. The summed E-state index contributed by atoms with van der Waals surface area (Å²) in [6.07, 6.45) is 0. The van der Waals surface area contributed by atoms with E-state index >= 15 is 0 Å². The predicted molar refractivity (Wildman–Crippen MR) is 99.7 cm³/mol. The first kappa shape index (κ1) is 17.4. The smallest absolute Gasteiger partial charge is 0.237 e. The summed E-state index contributed by atoms with van der Waals surface area (Å²) in [5.74, 6) is -1.34. The van der Waals surface area contributed by atoms with E-state index < -0.39 is 28.5 Å². The number of hydrogen-bond acceptors (Lipinski definition) is 2. The zero-order valence-electron chi connectivity index (χ0n) is 13.6. The Labute approximate surface area is 149 Å². The molecule has 1 unspecified atom stereocenters. The van der Waals surface area contributed by atoms with E-state index in [4.69, 9.17) is 0 Å². The molecule has 0 bridgehead atoms. The largest absolute Gasteiger partial charge is 0.320 e. The van der Waals surface area contributed by atoms with Crippen LogP contribution in [-0.2, 0) is 10.5 Å². The van der Waals surface area contributed by atoms with Gasteiger partial charge in [-0.25, -0.2) is 8.78 Å². The average Bonchev–Trinajstić information content (AvgIpc) is 2.62. The molecular weight excluding hydrogens is 340 g/mol. The maximum atomic E-state index is 13.6. The van der Waals surface area contributed by atoms with Crippen LogP contribution >= 0.6 is 11.8 Å². The van der Waals surface area contributed by atoms with E-state index in [0.717, 1.165) is 28.5 Å². The minimum Gasteiger partial charge on any atom is -0.320 e. The number of thioether (sulfide) groups is 1. The van der Waals surface area contributed by atoms with Gasteiger partial charge in [-0.05, 0) is 35.4 Å². The number of para-hydroxylation sites is 1. The molecule has 0 aliphatic heterocycles. The molecule has 5 heteroatoms. The van der Waals surface area contributed by atoms with Gasteiger partial charge in [-0.1, -0.05) is 48.5 Å². The maximum Gasteiger partial charge on any atom is 0.237 e. The van der Waals surface area contributed by atoms with Crippen LogP contribution in [0.5, 0.6) is 0 Å². The van der Waals surface area contributed by atoms with Crippen molar-refractivity contribution < 1.29 is 13.6 Å². The van der Waals surface area contributed by atoms with Gasteiger partial charge in [0.1, 0.15) is 17.3 Å². The van der Waals surface area contributed by atoms with Crippen molar-refractivity contribution in [1.29, 1.82) is 0 Å². The fourth-order valence-electron chi connectivity index (χ4n) is 2.47. The first-order chi connectivity index (χ1) is 12.0. The Hall–Kier alpha value is -2.40. The molecule has 2 nitrogen and oxygen atoms in total. The molecule has 0 aliphatic carbocycles. The van der Waals surface area contributed by atoms with Gasteiger partial charge >= 0.3 is 0 Å².